The van der Waals surface area contributed by atoms with E-state index in [-0.39, 0.29) is 58.8 Å². The largest absolute Gasteiger partial charge is 0.296 e. The number of para-hydroxylation sites is 3. The monoisotopic (exact) mass is 586 g/mol. The van der Waals surface area contributed by atoms with E-state index < -0.39 is 18.3 Å². The number of aryl methyl sites for hydroxylation is 1. The lowest BCUT2D eigenvalue weighted by molar-refractivity contribution is 0.660. The van der Waals surface area contributed by atoms with Crippen molar-refractivity contribution in [1.29, 1.82) is 0 Å². The molecule has 2 heteroatoms. The Morgan fingerprint density at radius 1 is 0.622 bits per heavy atom. The summed E-state index contributed by atoms with van der Waals surface area (Å²) < 4.78 is 90.3. The molecule has 0 fully saturated rings. The van der Waals surface area contributed by atoms with E-state index in [0.29, 0.717) is 33.4 Å². The van der Waals surface area contributed by atoms with Crippen molar-refractivity contribution in [2.45, 2.75) is 26.1 Å². The third-order valence-electron chi connectivity index (χ3n) is 9.16. The maximum absolute atomic E-state index is 9.85. The first-order valence-electron chi connectivity index (χ1n) is 19.9. The zero-order valence-corrected chi connectivity index (χ0v) is 24.6. The molecule has 8 aromatic rings. The van der Waals surface area contributed by atoms with Crippen LogP contribution in [0.15, 0.2) is 139 Å². The maximum Gasteiger partial charge on any atom is 0.111 e. The topological polar surface area (TPSA) is 17.8 Å². The van der Waals surface area contributed by atoms with Gasteiger partial charge >= 0.3 is 0 Å². The van der Waals surface area contributed by atoms with Gasteiger partial charge in [0, 0.05) is 15.1 Å². The van der Waals surface area contributed by atoms with Crippen LogP contribution in [-0.2, 0) is 5.41 Å². The van der Waals surface area contributed by atoms with Crippen LogP contribution in [0.25, 0.3) is 71.6 Å². The highest BCUT2D eigenvalue weighted by Gasteiger charge is 2.35. The van der Waals surface area contributed by atoms with Crippen molar-refractivity contribution >= 4 is 32.6 Å². The van der Waals surface area contributed by atoms with Gasteiger partial charge in [-0.15, -0.1) is 0 Å². The SMILES string of the molecule is [2H]c1c([2H])c([2H])c2c(c1[2H])-c1c([2H])c([2H])c(-c3c4ccccc4c(-c4ccccc4-n4c(C([2H])([2H])[2H])nc5ccccc54)c4ccccc34)c([2H])c1C2(C)C. The first-order chi connectivity index (χ1) is 26.2. The average molecular weight is 587 g/mol. The summed E-state index contributed by atoms with van der Waals surface area (Å²) in [6.45, 7) is 1.11. The maximum atomic E-state index is 9.85. The predicted molar refractivity (Wildman–Crippen MR) is 189 cm³/mol. The second-order valence-electron chi connectivity index (χ2n) is 12.0. The van der Waals surface area contributed by atoms with E-state index in [1.807, 2.05) is 105 Å². The van der Waals surface area contributed by atoms with Crippen LogP contribution in [0, 0.1) is 6.85 Å². The lowest BCUT2D eigenvalue weighted by atomic mass is 9.80. The minimum Gasteiger partial charge on any atom is -0.296 e. The van der Waals surface area contributed by atoms with Gasteiger partial charge in [0.2, 0.25) is 0 Å². The second kappa shape index (κ2) is 9.51. The molecular weight excluding hydrogens is 544 g/mol. The molecule has 0 unspecified atom stereocenters. The summed E-state index contributed by atoms with van der Waals surface area (Å²) in [6, 6.07) is 28.7. The van der Waals surface area contributed by atoms with E-state index in [0.717, 1.165) is 32.7 Å². The Bertz CT molecular complexity index is 2920. The van der Waals surface area contributed by atoms with Gasteiger partial charge in [0.25, 0.3) is 0 Å². The van der Waals surface area contributed by atoms with Gasteiger partial charge in [-0.3, -0.25) is 4.57 Å². The Hall–Kier alpha value is -5.47. The van der Waals surface area contributed by atoms with Crippen LogP contribution in [0.1, 0.15) is 44.5 Å². The van der Waals surface area contributed by atoms with Crippen LogP contribution in [0.3, 0.4) is 0 Å². The molecular formula is C43H32N2. The van der Waals surface area contributed by atoms with E-state index in [1.54, 1.807) is 10.6 Å². The molecule has 2 nitrogen and oxygen atoms in total. The summed E-state index contributed by atoms with van der Waals surface area (Å²) in [7, 11) is 0. The quantitative estimate of drug-likeness (QED) is 0.188. The van der Waals surface area contributed by atoms with Crippen molar-refractivity contribution in [2.75, 3.05) is 0 Å². The minimum atomic E-state index is -2.52. The van der Waals surface area contributed by atoms with Crippen molar-refractivity contribution in [3.63, 3.8) is 0 Å². The molecule has 0 amide bonds. The van der Waals surface area contributed by atoms with E-state index in [4.69, 9.17) is 9.60 Å². The van der Waals surface area contributed by atoms with E-state index in [1.165, 1.54) is 0 Å². The number of nitrogens with zero attached hydrogens (tertiary/aromatic N) is 2. The van der Waals surface area contributed by atoms with Gasteiger partial charge in [-0.25, -0.2) is 4.98 Å². The molecule has 0 radical (unpaired) electrons. The minimum absolute atomic E-state index is 0.00952. The van der Waals surface area contributed by atoms with Crippen molar-refractivity contribution in [2.24, 2.45) is 0 Å². The molecule has 0 atom stereocenters. The van der Waals surface area contributed by atoms with Gasteiger partial charge in [-0.05, 0) is 91.6 Å². The molecule has 0 saturated heterocycles. The van der Waals surface area contributed by atoms with Crippen molar-refractivity contribution in [3.05, 3.63) is 156 Å². The molecule has 0 spiro atoms. The molecule has 1 heterocycles. The Morgan fingerprint density at radius 3 is 2.00 bits per heavy atom. The molecule has 214 valence electrons. The number of fused-ring (bicyclic) bond motifs is 6. The molecule has 1 aromatic heterocycles. The lowest BCUT2D eigenvalue weighted by Gasteiger charge is -2.23. The number of rotatable bonds is 3. The summed E-state index contributed by atoms with van der Waals surface area (Å²) >= 11 is 0. The summed E-state index contributed by atoms with van der Waals surface area (Å²) in [5.74, 6) is -0.0597. The normalized spacial score (nSPS) is 16.8. The Morgan fingerprint density at radius 2 is 1.24 bits per heavy atom. The van der Waals surface area contributed by atoms with Crippen LogP contribution in [0.5, 0.6) is 0 Å². The Balaban J connectivity index is 1.40. The van der Waals surface area contributed by atoms with Gasteiger partial charge in [-0.1, -0.05) is 129 Å². The van der Waals surface area contributed by atoms with E-state index in [2.05, 4.69) is 4.98 Å². The molecule has 0 saturated carbocycles. The van der Waals surface area contributed by atoms with E-state index >= 15 is 0 Å². The van der Waals surface area contributed by atoms with Crippen molar-refractivity contribution < 1.29 is 13.7 Å². The van der Waals surface area contributed by atoms with Crippen LogP contribution >= 0.6 is 0 Å². The highest BCUT2D eigenvalue weighted by Crippen LogP contribution is 2.51. The number of benzene rings is 7. The van der Waals surface area contributed by atoms with Gasteiger partial charge in [0.15, 0.2) is 0 Å². The standard InChI is InChI=1S/C43H32N2/c1-27-44-38-21-11-13-23-40(38)45(27)39-22-12-9-19-35(39)42-33-17-6-4-15-31(33)41(32-16-5-7-18-34(32)42)28-24-25-30-29-14-8-10-20-36(29)43(2,3)37(30)26-28/h4-26H,1-3H3/i1D3,8D,10D,14D,20D,24D,25D,26D. The van der Waals surface area contributed by atoms with Crippen molar-refractivity contribution in [1.82, 2.24) is 9.55 Å². The summed E-state index contributed by atoms with van der Waals surface area (Å²) in [6.07, 6.45) is 0. The second-order valence-corrected chi connectivity index (χ2v) is 12.0. The zero-order chi connectivity index (χ0) is 38.9. The van der Waals surface area contributed by atoms with Crippen LogP contribution in [-0.4, -0.2) is 9.55 Å². The number of hydrogen-bond acceptors (Lipinski definition) is 1. The number of aromatic nitrogens is 2. The molecule has 7 aromatic carbocycles. The fraction of sp³-hybridized carbons (Fsp3) is 0.0930. The Labute approximate surface area is 277 Å². The highest BCUT2D eigenvalue weighted by atomic mass is 15.1. The fourth-order valence-electron chi connectivity index (χ4n) is 7.12. The zero-order valence-electron chi connectivity index (χ0n) is 34.6. The molecule has 0 bridgehead atoms. The van der Waals surface area contributed by atoms with Crippen molar-refractivity contribution in [3.8, 4) is 39.1 Å². The third kappa shape index (κ3) is 3.66. The average Bonchev–Trinajstić information content (AvgIpc) is 3.68. The molecule has 0 aliphatic heterocycles. The molecule has 1 aliphatic carbocycles. The Kier molecular flexibility index (Phi) is 3.75. The first-order valence-corrected chi connectivity index (χ1v) is 14.9. The number of imidazole rings is 1. The highest BCUT2D eigenvalue weighted by molar-refractivity contribution is 6.22. The smallest absolute Gasteiger partial charge is 0.111 e. The van der Waals surface area contributed by atoms with E-state index in [9.17, 15) is 4.11 Å². The molecule has 45 heavy (non-hydrogen) atoms. The summed E-state index contributed by atoms with van der Waals surface area (Å²) in [5, 5.41) is 3.01. The predicted octanol–water partition coefficient (Wildman–Crippen LogP) is 11.3. The molecule has 9 rings (SSSR count). The third-order valence-corrected chi connectivity index (χ3v) is 9.16. The van der Waals surface area contributed by atoms with Gasteiger partial charge in [-0.2, -0.15) is 0 Å². The summed E-state index contributed by atoms with van der Waals surface area (Å²) in [4.78, 5) is 4.57. The van der Waals surface area contributed by atoms with Gasteiger partial charge < -0.3 is 0 Å². The molecule has 1 aliphatic rings. The van der Waals surface area contributed by atoms with Gasteiger partial charge in [0.05, 0.1) is 26.3 Å². The lowest BCUT2D eigenvalue weighted by Crippen LogP contribution is -2.14. The first kappa shape index (κ1) is 17.7. The van der Waals surface area contributed by atoms with Crippen LogP contribution < -0.4 is 0 Å². The summed E-state index contributed by atoms with van der Waals surface area (Å²) in [5.41, 5.74) is 4.22. The van der Waals surface area contributed by atoms with Crippen LogP contribution in [0.2, 0.25) is 0 Å². The van der Waals surface area contributed by atoms with Crippen LogP contribution in [0.4, 0.5) is 0 Å². The fourth-order valence-corrected chi connectivity index (χ4v) is 7.12. The molecule has 0 N–H and O–H groups in total. The number of hydrogen-bond donors (Lipinski definition) is 0. The van der Waals surface area contributed by atoms with Gasteiger partial charge in [0.1, 0.15) is 5.82 Å².